The van der Waals surface area contributed by atoms with Crippen LogP contribution >= 0.6 is 11.6 Å². The second-order valence-electron chi connectivity index (χ2n) is 4.80. The van der Waals surface area contributed by atoms with Crippen LogP contribution in [0.1, 0.15) is 0 Å². The van der Waals surface area contributed by atoms with Crippen LogP contribution in [0.3, 0.4) is 0 Å². The molecule has 1 heterocycles. The summed E-state index contributed by atoms with van der Waals surface area (Å²) >= 11 is 6.64. The average molecular weight is 408 g/mol. The van der Waals surface area contributed by atoms with Gasteiger partial charge in [-0.2, -0.15) is 0 Å². The summed E-state index contributed by atoms with van der Waals surface area (Å²) in [6, 6.07) is 20.5. The Labute approximate surface area is 147 Å². The number of benzene rings is 2. The molecule has 0 saturated carbocycles. The SMILES string of the molecule is C[n+]1cc(-c2ccccc2)c(Cl)c(-c2ccccc2)c1.[I-]. The van der Waals surface area contributed by atoms with Crippen LogP contribution in [-0.2, 0) is 7.05 Å². The molecule has 3 rings (SSSR count). The van der Waals surface area contributed by atoms with Crippen LogP contribution in [0.5, 0.6) is 0 Å². The van der Waals surface area contributed by atoms with E-state index >= 15 is 0 Å². The standard InChI is InChI=1S/C18H15ClN.HI/c1-20-12-16(14-8-4-2-5-9-14)18(19)17(13-20)15-10-6-3-7-11-15;/h2-13H,1H3;1H/q+1;/p-1. The highest BCUT2D eigenvalue weighted by Crippen LogP contribution is 2.34. The first-order chi connectivity index (χ1) is 9.75. The van der Waals surface area contributed by atoms with Crippen molar-refractivity contribution in [2.24, 2.45) is 7.05 Å². The number of aryl methyl sites for hydroxylation is 1. The number of halogens is 2. The number of nitrogens with zero attached hydrogens (tertiary/aromatic N) is 1. The van der Waals surface area contributed by atoms with Crippen molar-refractivity contribution < 1.29 is 28.5 Å². The van der Waals surface area contributed by atoms with E-state index in [1.807, 2.05) is 43.4 Å². The molecule has 0 aliphatic carbocycles. The highest BCUT2D eigenvalue weighted by atomic mass is 127. The first-order valence-corrected chi connectivity index (χ1v) is 6.93. The van der Waals surface area contributed by atoms with Gasteiger partial charge >= 0.3 is 0 Å². The quantitative estimate of drug-likeness (QED) is 0.448. The molecule has 0 saturated heterocycles. The van der Waals surface area contributed by atoms with Crippen LogP contribution in [0.2, 0.25) is 5.02 Å². The second-order valence-corrected chi connectivity index (χ2v) is 5.18. The van der Waals surface area contributed by atoms with Gasteiger partial charge in [0.05, 0.1) is 16.1 Å². The first-order valence-electron chi connectivity index (χ1n) is 6.55. The fraction of sp³-hybridized carbons (Fsp3) is 0.0556. The third kappa shape index (κ3) is 3.44. The number of rotatable bonds is 2. The maximum absolute atomic E-state index is 6.64. The zero-order chi connectivity index (χ0) is 13.9. The summed E-state index contributed by atoms with van der Waals surface area (Å²) in [5.41, 5.74) is 4.36. The van der Waals surface area contributed by atoms with E-state index < -0.39 is 0 Å². The topological polar surface area (TPSA) is 3.88 Å². The Balaban J connectivity index is 0.00000161. The molecular formula is C18H15ClIN. The summed E-state index contributed by atoms with van der Waals surface area (Å²) in [6.45, 7) is 0. The number of hydrogen-bond acceptors (Lipinski definition) is 0. The van der Waals surface area contributed by atoms with Gasteiger partial charge in [-0.1, -0.05) is 72.3 Å². The van der Waals surface area contributed by atoms with Crippen molar-refractivity contribution in [1.29, 1.82) is 0 Å². The lowest BCUT2D eigenvalue weighted by Gasteiger charge is -2.08. The summed E-state index contributed by atoms with van der Waals surface area (Å²) in [5, 5.41) is 0.792. The molecule has 0 unspecified atom stereocenters. The Morgan fingerprint density at radius 1 is 0.714 bits per heavy atom. The smallest absolute Gasteiger partial charge is 0.177 e. The Morgan fingerprint density at radius 3 is 1.48 bits per heavy atom. The zero-order valence-electron chi connectivity index (χ0n) is 11.6. The van der Waals surface area contributed by atoms with Gasteiger partial charge in [0, 0.05) is 0 Å². The summed E-state index contributed by atoms with van der Waals surface area (Å²) in [6.07, 6.45) is 4.12. The predicted molar refractivity (Wildman–Crippen MR) is 83.5 cm³/mol. The van der Waals surface area contributed by atoms with Crippen LogP contribution in [0.15, 0.2) is 73.1 Å². The summed E-state index contributed by atoms with van der Waals surface area (Å²) < 4.78 is 2.05. The van der Waals surface area contributed by atoms with E-state index in [1.165, 1.54) is 0 Å². The van der Waals surface area contributed by atoms with Gasteiger partial charge in [-0.05, 0) is 11.1 Å². The lowest BCUT2D eigenvalue weighted by molar-refractivity contribution is -0.670. The van der Waals surface area contributed by atoms with E-state index in [0.29, 0.717) is 0 Å². The van der Waals surface area contributed by atoms with Crippen LogP contribution in [0.25, 0.3) is 22.3 Å². The molecule has 106 valence electrons. The lowest BCUT2D eigenvalue weighted by Crippen LogP contribution is -3.00. The van der Waals surface area contributed by atoms with Gasteiger partial charge in [-0.3, -0.25) is 0 Å². The van der Waals surface area contributed by atoms with Gasteiger partial charge in [-0.25, -0.2) is 4.57 Å². The summed E-state index contributed by atoms with van der Waals surface area (Å²) in [7, 11) is 2.02. The molecule has 0 N–H and O–H groups in total. The minimum Gasteiger partial charge on any atom is -1.00 e. The van der Waals surface area contributed by atoms with Gasteiger partial charge in [0.25, 0.3) is 0 Å². The third-order valence-corrected chi connectivity index (χ3v) is 3.72. The number of pyridine rings is 1. The fourth-order valence-electron chi connectivity index (χ4n) is 2.34. The molecule has 0 aliphatic rings. The van der Waals surface area contributed by atoms with Gasteiger partial charge in [0.15, 0.2) is 12.4 Å². The Bertz CT molecular complexity index is 666. The zero-order valence-corrected chi connectivity index (χ0v) is 14.5. The Kier molecular flexibility index (Phi) is 5.37. The molecule has 0 aliphatic heterocycles. The molecule has 1 nitrogen and oxygen atoms in total. The predicted octanol–water partition coefficient (Wildman–Crippen LogP) is 1.50. The van der Waals surface area contributed by atoms with Crippen LogP contribution in [-0.4, -0.2) is 0 Å². The van der Waals surface area contributed by atoms with Crippen LogP contribution < -0.4 is 28.5 Å². The lowest BCUT2D eigenvalue weighted by atomic mass is 10.0. The molecule has 0 amide bonds. The number of aromatic nitrogens is 1. The highest BCUT2D eigenvalue weighted by Gasteiger charge is 2.15. The maximum Gasteiger partial charge on any atom is 0.177 e. The largest absolute Gasteiger partial charge is 1.00 e. The van der Waals surface area contributed by atoms with Crippen molar-refractivity contribution in [3.8, 4) is 22.3 Å². The molecule has 0 fully saturated rings. The first kappa shape index (κ1) is 16.0. The van der Waals surface area contributed by atoms with Gasteiger partial charge < -0.3 is 24.0 Å². The van der Waals surface area contributed by atoms with Crippen LogP contribution in [0.4, 0.5) is 0 Å². The van der Waals surface area contributed by atoms with E-state index in [1.54, 1.807) is 0 Å². The van der Waals surface area contributed by atoms with Crippen molar-refractivity contribution in [3.63, 3.8) is 0 Å². The summed E-state index contributed by atoms with van der Waals surface area (Å²) in [4.78, 5) is 0. The van der Waals surface area contributed by atoms with Crippen molar-refractivity contribution in [2.45, 2.75) is 0 Å². The van der Waals surface area contributed by atoms with Crippen molar-refractivity contribution >= 4 is 11.6 Å². The number of hydrogen-bond donors (Lipinski definition) is 0. The minimum atomic E-state index is 0. The van der Waals surface area contributed by atoms with Crippen molar-refractivity contribution in [3.05, 3.63) is 78.1 Å². The van der Waals surface area contributed by atoms with Gasteiger partial charge in [-0.15, -0.1) is 0 Å². The van der Waals surface area contributed by atoms with Gasteiger partial charge in [0.1, 0.15) is 7.05 Å². The molecule has 0 atom stereocenters. The average Bonchev–Trinajstić information content (AvgIpc) is 2.51. The van der Waals surface area contributed by atoms with Crippen LogP contribution in [0, 0.1) is 0 Å². The highest BCUT2D eigenvalue weighted by molar-refractivity contribution is 6.35. The van der Waals surface area contributed by atoms with E-state index in [9.17, 15) is 0 Å². The summed E-state index contributed by atoms with van der Waals surface area (Å²) in [5.74, 6) is 0. The molecule has 0 spiro atoms. The fourth-order valence-corrected chi connectivity index (χ4v) is 2.66. The maximum atomic E-state index is 6.64. The third-order valence-electron chi connectivity index (χ3n) is 3.31. The second kappa shape index (κ2) is 7.05. The van der Waals surface area contributed by atoms with Gasteiger partial charge in [0.2, 0.25) is 0 Å². The molecule has 3 heteroatoms. The molecule has 1 aromatic heterocycles. The monoisotopic (exact) mass is 407 g/mol. The van der Waals surface area contributed by atoms with Crippen molar-refractivity contribution in [2.75, 3.05) is 0 Å². The Morgan fingerprint density at radius 2 is 1.10 bits per heavy atom. The van der Waals surface area contributed by atoms with Crippen molar-refractivity contribution in [1.82, 2.24) is 0 Å². The molecule has 2 aromatic carbocycles. The molecule has 0 radical (unpaired) electrons. The molecular weight excluding hydrogens is 393 g/mol. The van der Waals surface area contributed by atoms with E-state index in [0.717, 1.165) is 27.3 Å². The normalized spacial score (nSPS) is 10.0. The molecule has 21 heavy (non-hydrogen) atoms. The minimum absolute atomic E-state index is 0. The van der Waals surface area contributed by atoms with E-state index in [2.05, 4.69) is 41.2 Å². The molecule has 0 bridgehead atoms. The molecule has 3 aromatic rings. The Hall–Kier alpha value is -1.39. The van der Waals surface area contributed by atoms with E-state index in [-0.39, 0.29) is 24.0 Å². The van der Waals surface area contributed by atoms with E-state index in [4.69, 9.17) is 11.6 Å².